The Balaban J connectivity index is 2.75. The Kier molecular flexibility index (Phi) is 3.94. The van der Waals surface area contributed by atoms with Crippen LogP contribution in [0.25, 0.3) is 0 Å². The van der Waals surface area contributed by atoms with Gasteiger partial charge in [0.25, 0.3) is 0 Å². The van der Waals surface area contributed by atoms with Gasteiger partial charge in [0, 0.05) is 17.6 Å². The van der Waals surface area contributed by atoms with Crippen LogP contribution in [0, 0.1) is 0 Å². The molecule has 2 nitrogen and oxygen atoms in total. The Morgan fingerprint density at radius 2 is 2.50 bits per heavy atom. The smallest absolute Gasteiger partial charge is 0.146 e. The lowest BCUT2D eigenvalue weighted by atomic mass is 10.1. The van der Waals surface area contributed by atoms with E-state index in [4.69, 9.17) is 0 Å². The van der Waals surface area contributed by atoms with Gasteiger partial charge in [-0.2, -0.15) is 0 Å². The Hall–Kier alpha value is -0.700. The van der Waals surface area contributed by atoms with E-state index in [-0.39, 0.29) is 0 Å². The van der Waals surface area contributed by atoms with Gasteiger partial charge in [0.15, 0.2) is 0 Å². The van der Waals surface area contributed by atoms with Crippen LogP contribution >= 0.6 is 11.8 Å². The summed E-state index contributed by atoms with van der Waals surface area (Å²) >= 11 is 1.65. The first-order valence-electron chi connectivity index (χ1n) is 4.00. The first-order valence-corrected chi connectivity index (χ1v) is 5.22. The number of allylic oxidation sites excluding steroid dienone is 2. The highest BCUT2D eigenvalue weighted by Crippen LogP contribution is 2.17. The largest absolute Gasteiger partial charge is 0.390 e. The number of carbonyl (C=O) groups is 1. The summed E-state index contributed by atoms with van der Waals surface area (Å²) in [5.74, 6) is 0. The van der Waals surface area contributed by atoms with E-state index in [1.165, 1.54) is 0 Å². The summed E-state index contributed by atoms with van der Waals surface area (Å²) in [5, 5.41) is 3.19. The predicted molar refractivity (Wildman–Crippen MR) is 53.0 cm³/mol. The van der Waals surface area contributed by atoms with Crippen molar-refractivity contribution in [2.24, 2.45) is 0 Å². The van der Waals surface area contributed by atoms with Gasteiger partial charge in [0.2, 0.25) is 0 Å². The van der Waals surface area contributed by atoms with E-state index in [0.29, 0.717) is 0 Å². The molecule has 0 unspecified atom stereocenters. The summed E-state index contributed by atoms with van der Waals surface area (Å²) in [7, 11) is 0. The quantitative estimate of drug-likeness (QED) is 0.661. The molecule has 0 aromatic rings. The molecule has 0 aromatic carbocycles. The van der Waals surface area contributed by atoms with Crippen molar-refractivity contribution in [1.29, 1.82) is 0 Å². The molecule has 0 fully saturated rings. The maximum Gasteiger partial charge on any atom is 0.146 e. The zero-order chi connectivity index (χ0) is 8.81. The number of carbonyl (C=O) groups excluding carboxylic acids is 1. The minimum Gasteiger partial charge on any atom is -0.390 e. The maximum atomic E-state index is 10.6. The molecule has 1 aliphatic heterocycles. The van der Waals surface area contributed by atoms with Crippen molar-refractivity contribution in [3.8, 4) is 0 Å². The highest BCUT2D eigenvalue weighted by Gasteiger charge is 2.00. The van der Waals surface area contributed by atoms with Gasteiger partial charge in [-0.05, 0) is 30.7 Å². The number of nitrogens with one attached hydrogen (secondary N) is 1. The van der Waals surface area contributed by atoms with Crippen LogP contribution in [-0.4, -0.2) is 19.1 Å². The summed E-state index contributed by atoms with van der Waals surface area (Å²) in [6.45, 7) is 0.954. The Labute approximate surface area is 77.1 Å². The molecule has 0 spiro atoms. The molecule has 66 valence electrons. The topological polar surface area (TPSA) is 29.1 Å². The maximum absolute atomic E-state index is 10.6. The Morgan fingerprint density at radius 1 is 1.67 bits per heavy atom. The third-order valence-electron chi connectivity index (χ3n) is 1.75. The van der Waals surface area contributed by atoms with Crippen LogP contribution < -0.4 is 5.32 Å². The molecular weight excluding hydrogens is 170 g/mol. The third-order valence-corrected chi connectivity index (χ3v) is 2.45. The number of thioether (sulfide) groups is 1. The van der Waals surface area contributed by atoms with E-state index >= 15 is 0 Å². The molecule has 0 saturated carbocycles. The molecule has 0 saturated heterocycles. The normalized spacial score (nSPS) is 18.1. The summed E-state index contributed by atoms with van der Waals surface area (Å²) in [6, 6.07) is 0. The van der Waals surface area contributed by atoms with Crippen molar-refractivity contribution in [2.75, 3.05) is 12.8 Å². The standard InChI is InChI=1S/C9H13NOS/c1-12-9-5-8(7-11)3-2-4-10-6-9/h5-7,10H,2-4H2,1H3. The van der Waals surface area contributed by atoms with E-state index in [0.717, 1.165) is 36.2 Å². The number of hydrogen-bond donors (Lipinski definition) is 1. The van der Waals surface area contributed by atoms with Crippen molar-refractivity contribution in [2.45, 2.75) is 12.8 Å². The van der Waals surface area contributed by atoms with E-state index in [2.05, 4.69) is 5.32 Å². The Bertz CT molecular complexity index is 221. The van der Waals surface area contributed by atoms with Crippen LogP contribution in [0.5, 0.6) is 0 Å². The summed E-state index contributed by atoms with van der Waals surface area (Å²) < 4.78 is 0. The number of rotatable bonds is 2. The molecule has 12 heavy (non-hydrogen) atoms. The lowest BCUT2D eigenvalue weighted by Gasteiger charge is -2.08. The van der Waals surface area contributed by atoms with E-state index in [9.17, 15) is 4.79 Å². The molecule has 0 aliphatic carbocycles. The van der Waals surface area contributed by atoms with Crippen LogP contribution in [0.1, 0.15) is 12.8 Å². The van der Waals surface area contributed by atoms with Gasteiger partial charge < -0.3 is 5.32 Å². The fraction of sp³-hybridized carbons (Fsp3) is 0.444. The average molecular weight is 183 g/mol. The van der Waals surface area contributed by atoms with Crippen LogP contribution in [0.4, 0.5) is 0 Å². The molecule has 0 radical (unpaired) electrons. The predicted octanol–water partition coefficient (Wildman–Crippen LogP) is 1.70. The lowest BCUT2D eigenvalue weighted by Crippen LogP contribution is -2.10. The van der Waals surface area contributed by atoms with Crippen molar-refractivity contribution in [1.82, 2.24) is 5.32 Å². The molecule has 0 atom stereocenters. The van der Waals surface area contributed by atoms with Gasteiger partial charge in [-0.3, -0.25) is 4.79 Å². The molecule has 0 amide bonds. The second kappa shape index (κ2) is 5.04. The summed E-state index contributed by atoms with van der Waals surface area (Å²) in [5.41, 5.74) is 0.900. The third kappa shape index (κ3) is 2.74. The molecule has 1 N–H and O–H groups in total. The van der Waals surface area contributed by atoms with Gasteiger partial charge >= 0.3 is 0 Å². The van der Waals surface area contributed by atoms with Gasteiger partial charge in [0.05, 0.1) is 0 Å². The zero-order valence-corrected chi connectivity index (χ0v) is 7.99. The molecule has 1 heterocycles. The Morgan fingerprint density at radius 3 is 3.17 bits per heavy atom. The highest BCUT2D eigenvalue weighted by atomic mass is 32.2. The van der Waals surface area contributed by atoms with Gasteiger partial charge in [-0.15, -0.1) is 11.8 Å². The number of aldehydes is 1. The SMILES string of the molecule is CSC1=CNCCCC(C=O)=C1. The fourth-order valence-corrected chi connectivity index (χ4v) is 1.55. The van der Waals surface area contributed by atoms with E-state index in [1.54, 1.807) is 11.8 Å². The first-order chi connectivity index (χ1) is 5.86. The minimum absolute atomic E-state index is 0.883. The van der Waals surface area contributed by atoms with Crippen LogP contribution in [0.2, 0.25) is 0 Å². The number of hydrogen-bond acceptors (Lipinski definition) is 3. The summed E-state index contributed by atoms with van der Waals surface area (Å²) in [4.78, 5) is 11.7. The molecule has 0 bridgehead atoms. The highest BCUT2D eigenvalue weighted by molar-refractivity contribution is 8.02. The van der Waals surface area contributed by atoms with E-state index in [1.807, 2.05) is 18.5 Å². The van der Waals surface area contributed by atoms with Crippen LogP contribution in [-0.2, 0) is 4.79 Å². The van der Waals surface area contributed by atoms with Crippen molar-refractivity contribution in [3.05, 3.63) is 22.8 Å². The van der Waals surface area contributed by atoms with Gasteiger partial charge in [0.1, 0.15) is 6.29 Å². The lowest BCUT2D eigenvalue weighted by molar-refractivity contribution is -0.105. The molecule has 3 heteroatoms. The second-order valence-electron chi connectivity index (χ2n) is 2.65. The molecule has 1 aliphatic rings. The van der Waals surface area contributed by atoms with Crippen molar-refractivity contribution < 1.29 is 4.79 Å². The van der Waals surface area contributed by atoms with Gasteiger partial charge in [-0.25, -0.2) is 0 Å². The van der Waals surface area contributed by atoms with Gasteiger partial charge in [-0.1, -0.05) is 0 Å². The monoisotopic (exact) mass is 183 g/mol. The van der Waals surface area contributed by atoms with E-state index < -0.39 is 0 Å². The van der Waals surface area contributed by atoms with Crippen molar-refractivity contribution >= 4 is 18.0 Å². The zero-order valence-electron chi connectivity index (χ0n) is 7.17. The molecule has 0 aromatic heterocycles. The molecule has 1 rings (SSSR count). The second-order valence-corrected chi connectivity index (χ2v) is 3.53. The van der Waals surface area contributed by atoms with Crippen LogP contribution in [0.3, 0.4) is 0 Å². The van der Waals surface area contributed by atoms with Crippen molar-refractivity contribution in [3.63, 3.8) is 0 Å². The molecular formula is C9H13NOS. The van der Waals surface area contributed by atoms with Crippen LogP contribution in [0.15, 0.2) is 22.8 Å². The average Bonchev–Trinajstić information content (AvgIpc) is 2.05. The fourth-order valence-electron chi connectivity index (χ4n) is 1.07. The summed E-state index contributed by atoms with van der Waals surface area (Å²) in [6.07, 6.45) is 8.79. The first kappa shape index (κ1) is 9.39. The minimum atomic E-state index is 0.883.